The lowest BCUT2D eigenvalue weighted by Gasteiger charge is -2.13. The summed E-state index contributed by atoms with van der Waals surface area (Å²) in [4.78, 5) is 52.1. The van der Waals surface area contributed by atoms with Crippen LogP contribution in [0.5, 0.6) is 0 Å². The number of unbranched alkanes of at least 4 members (excludes halogenated alkanes) is 8. The molecule has 0 bridgehead atoms. The molecule has 4 rings (SSSR count). The summed E-state index contributed by atoms with van der Waals surface area (Å²) in [5.74, 6) is -0.678. The molecule has 33 heavy (non-hydrogen) atoms. The number of benzene rings is 2. The van der Waals surface area contributed by atoms with Crippen molar-refractivity contribution in [1.29, 1.82) is 0 Å². The number of carbonyl (C=O) groups is 4. The van der Waals surface area contributed by atoms with E-state index in [1.165, 1.54) is 9.80 Å². The van der Waals surface area contributed by atoms with Crippen LogP contribution >= 0.6 is 0 Å². The fraction of sp³-hybridized carbons (Fsp3) is 0.407. The fourth-order valence-corrected chi connectivity index (χ4v) is 4.66. The largest absolute Gasteiger partial charge is 0.274 e. The molecular weight excluding hydrogens is 416 g/mol. The molecule has 172 valence electrons. The van der Waals surface area contributed by atoms with Gasteiger partial charge in [-0.2, -0.15) is 0 Å². The molecule has 0 aromatic heterocycles. The van der Waals surface area contributed by atoms with Crippen molar-refractivity contribution in [2.45, 2.75) is 57.8 Å². The Labute approximate surface area is 194 Å². The maximum Gasteiger partial charge on any atom is 0.261 e. The van der Waals surface area contributed by atoms with Crippen LogP contribution in [0.4, 0.5) is 0 Å². The van der Waals surface area contributed by atoms with E-state index >= 15 is 0 Å². The van der Waals surface area contributed by atoms with Crippen molar-refractivity contribution in [3.63, 3.8) is 0 Å². The van der Waals surface area contributed by atoms with Gasteiger partial charge in [0.05, 0.1) is 22.3 Å². The lowest BCUT2D eigenvalue weighted by molar-refractivity contribution is 0.0636. The maximum atomic E-state index is 12.3. The van der Waals surface area contributed by atoms with Crippen molar-refractivity contribution in [3.8, 4) is 0 Å². The van der Waals surface area contributed by atoms with Crippen LogP contribution in [0, 0.1) is 0 Å². The quantitative estimate of drug-likeness (QED) is 0.336. The molecule has 0 saturated heterocycles. The number of fused-ring (bicyclic) bond motifs is 2. The average Bonchev–Trinajstić information content (AvgIpc) is 3.23. The van der Waals surface area contributed by atoms with Crippen LogP contribution in [0.2, 0.25) is 0 Å². The van der Waals surface area contributed by atoms with E-state index in [4.69, 9.17) is 0 Å². The Hall–Kier alpha value is -3.28. The Bertz CT molecular complexity index is 908. The molecule has 6 nitrogen and oxygen atoms in total. The van der Waals surface area contributed by atoms with Gasteiger partial charge in [-0.25, -0.2) is 0 Å². The molecule has 2 aliphatic heterocycles. The minimum atomic E-state index is -0.170. The fourth-order valence-electron chi connectivity index (χ4n) is 4.66. The number of amides is 4. The van der Waals surface area contributed by atoms with Gasteiger partial charge in [0.2, 0.25) is 0 Å². The molecule has 0 atom stereocenters. The summed E-state index contributed by atoms with van der Waals surface area (Å²) in [6, 6.07) is 14.0. The van der Waals surface area contributed by atoms with E-state index in [1.54, 1.807) is 48.5 Å². The predicted molar refractivity (Wildman–Crippen MR) is 125 cm³/mol. The number of carbonyl (C=O) groups excluding carboxylic acids is 4. The highest BCUT2D eigenvalue weighted by Crippen LogP contribution is 2.24. The normalized spacial score (nSPS) is 14.9. The van der Waals surface area contributed by atoms with Crippen molar-refractivity contribution in [3.05, 3.63) is 70.8 Å². The van der Waals surface area contributed by atoms with E-state index < -0.39 is 0 Å². The molecule has 2 aromatic rings. The zero-order valence-electron chi connectivity index (χ0n) is 18.9. The van der Waals surface area contributed by atoms with Gasteiger partial charge >= 0.3 is 0 Å². The Morgan fingerprint density at radius 3 is 0.909 bits per heavy atom. The number of hydrogen-bond donors (Lipinski definition) is 0. The van der Waals surface area contributed by atoms with E-state index in [2.05, 4.69) is 0 Å². The van der Waals surface area contributed by atoms with Gasteiger partial charge < -0.3 is 0 Å². The molecule has 0 saturated carbocycles. The van der Waals surface area contributed by atoms with Gasteiger partial charge in [-0.05, 0) is 37.1 Å². The molecule has 0 fully saturated rings. The summed E-state index contributed by atoms with van der Waals surface area (Å²) in [6.45, 7) is 0.980. The lowest BCUT2D eigenvalue weighted by Crippen LogP contribution is -2.30. The third-order valence-corrected chi connectivity index (χ3v) is 6.52. The Kier molecular flexibility index (Phi) is 7.33. The van der Waals surface area contributed by atoms with Crippen LogP contribution in [-0.2, 0) is 0 Å². The zero-order valence-corrected chi connectivity index (χ0v) is 18.9. The molecule has 2 aliphatic rings. The van der Waals surface area contributed by atoms with Crippen molar-refractivity contribution in [1.82, 2.24) is 9.80 Å². The zero-order chi connectivity index (χ0) is 23.2. The third-order valence-electron chi connectivity index (χ3n) is 6.52. The van der Waals surface area contributed by atoms with E-state index in [-0.39, 0.29) is 23.6 Å². The monoisotopic (exact) mass is 446 g/mol. The first-order valence-electron chi connectivity index (χ1n) is 12.0. The highest BCUT2D eigenvalue weighted by atomic mass is 16.2. The molecule has 4 amide bonds. The van der Waals surface area contributed by atoms with Gasteiger partial charge in [0, 0.05) is 13.1 Å². The highest BCUT2D eigenvalue weighted by Gasteiger charge is 2.35. The summed E-state index contributed by atoms with van der Waals surface area (Å²) in [6.07, 6.45) is 9.31. The Morgan fingerprint density at radius 2 is 0.636 bits per heavy atom. The summed E-state index contributed by atoms with van der Waals surface area (Å²) in [5, 5.41) is 0. The minimum Gasteiger partial charge on any atom is -0.274 e. The third kappa shape index (κ3) is 4.90. The van der Waals surface area contributed by atoms with Gasteiger partial charge in [-0.15, -0.1) is 0 Å². The van der Waals surface area contributed by atoms with Crippen LogP contribution in [0.15, 0.2) is 48.5 Å². The summed E-state index contributed by atoms with van der Waals surface area (Å²) in [5.41, 5.74) is 2.08. The van der Waals surface area contributed by atoms with Gasteiger partial charge in [0.25, 0.3) is 23.6 Å². The topological polar surface area (TPSA) is 74.8 Å². The predicted octanol–water partition coefficient (Wildman–Crippen LogP) is 5.09. The second-order valence-corrected chi connectivity index (χ2v) is 8.80. The standard InChI is InChI=1S/C27H30N2O4/c30-24-20-14-8-9-15-21(20)25(31)28(24)18-12-6-4-2-1-3-5-7-13-19-29-26(32)22-16-10-11-17-23(22)27(29)33/h8-11,14-17H,1-7,12-13,18-19H2. The van der Waals surface area contributed by atoms with Crippen LogP contribution in [0.25, 0.3) is 0 Å². The maximum absolute atomic E-state index is 12.3. The Balaban J connectivity index is 1.02. The van der Waals surface area contributed by atoms with Crippen LogP contribution in [-0.4, -0.2) is 46.5 Å². The average molecular weight is 447 g/mol. The van der Waals surface area contributed by atoms with Crippen molar-refractivity contribution in [2.24, 2.45) is 0 Å². The Morgan fingerprint density at radius 1 is 0.394 bits per heavy atom. The van der Waals surface area contributed by atoms with E-state index in [9.17, 15) is 19.2 Å². The molecule has 0 spiro atoms. The number of imide groups is 2. The first kappa shape index (κ1) is 22.9. The number of rotatable bonds is 12. The molecule has 0 N–H and O–H groups in total. The van der Waals surface area contributed by atoms with Gasteiger partial charge in [0.15, 0.2) is 0 Å². The molecule has 0 aliphatic carbocycles. The van der Waals surface area contributed by atoms with Crippen molar-refractivity contribution < 1.29 is 19.2 Å². The lowest BCUT2D eigenvalue weighted by atomic mass is 10.1. The van der Waals surface area contributed by atoms with E-state index in [0.717, 1.165) is 57.8 Å². The molecule has 0 unspecified atom stereocenters. The first-order valence-corrected chi connectivity index (χ1v) is 12.0. The summed E-state index contributed by atoms with van der Waals surface area (Å²) < 4.78 is 0. The van der Waals surface area contributed by atoms with Crippen molar-refractivity contribution in [2.75, 3.05) is 13.1 Å². The van der Waals surface area contributed by atoms with Gasteiger partial charge in [-0.1, -0.05) is 69.2 Å². The molecule has 2 heterocycles. The van der Waals surface area contributed by atoms with Crippen LogP contribution < -0.4 is 0 Å². The SMILES string of the molecule is O=C1c2ccccc2C(=O)N1CCCCCCCCCCCN1C(=O)c2ccccc2C1=O. The van der Waals surface area contributed by atoms with Crippen LogP contribution in [0.3, 0.4) is 0 Å². The first-order chi connectivity index (χ1) is 16.1. The summed E-state index contributed by atoms with van der Waals surface area (Å²) >= 11 is 0. The van der Waals surface area contributed by atoms with E-state index in [1.807, 2.05) is 0 Å². The molecule has 0 radical (unpaired) electrons. The molecule has 6 heteroatoms. The number of hydrogen-bond acceptors (Lipinski definition) is 4. The second kappa shape index (κ2) is 10.6. The van der Waals surface area contributed by atoms with Gasteiger partial charge in [-0.3, -0.25) is 29.0 Å². The van der Waals surface area contributed by atoms with Crippen LogP contribution in [0.1, 0.15) is 99.2 Å². The van der Waals surface area contributed by atoms with E-state index in [0.29, 0.717) is 35.3 Å². The summed E-state index contributed by atoms with van der Waals surface area (Å²) in [7, 11) is 0. The van der Waals surface area contributed by atoms with Gasteiger partial charge in [0.1, 0.15) is 0 Å². The molecule has 2 aromatic carbocycles. The second-order valence-electron chi connectivity index (χ2n) is 8.80. The highest BCUT2D eigenvalue weighted by molar-refractivity contribution is 6.22. The van der Waals surface area contributed by atoms with Crippen molar-refractivity contribution >= 4 is 23.6 Å². The minimum absolute atomic E-state index is 0.170. The number of nitrogens with zero attached hydrogens (tertiary/aromatic N) is 2. The molecular formula is C27H30N2O4. The smallest absolute Gasteiger partial charge is 0.261 e.